The third kappa shape index (κ3) is 4.96. The standard InChI is InChI=1S/C21H28N4O2/c1-3-18-8-4-5-12-25(18)20(26)17-14-23-21(24-15-17)22-11-10-16-7-6-9-19(13-16)27-2/h6-7,9,13-15,18H,3-5,8,10-12H2,1-2H3,(H,22,23,24). The fourth-order valence-corrected chi connectivity index (χ4v) is 3.53. The number of ether oxygens (including phenoxy) is 1. The Morgan fingerprint density at radius 1 is 1.30 bits per heavy atom. The summed E-state index contributed by atoms with van der Waals surface area (Å²) in [6.45, 7) is 3.69. The first-order valence-corrected chi connectivity index (χ1v) is 9.71. The normalized spacial score (nSPS) is 16.8. The Morgan fingerprint density at radius 3 is 2.85 bits per heavy atom. The number of likely N-dealkylation sites (tertiary alicyclic amines) is 1. The smallest absolute Gasteiger partial charge is 0.257 e. The van der Waals surface area contributed by atoms with Gasteiger partial charge in [-0.1, -0.05) is 19.1 Å². The number of amides is 1. The lowest BCUT2D eigenvalue weighted by molar-refractivity contribution is 0.0607. The Morgan fingerprint density at radius 2 is 2.11 bits per heavy atom. The quantitative estimate of drug-likeness (QED) is 0.810. The molecule has 27 heavy (non-hydrogen) atoms. The number of piperidine rings is 1. The van der Waals surface area contributed by atoms with Crippen molar-refractivity contribution in [3.63, 3.8) is 0 Å². The van der Waals surface area contributed by atoms with E-state index >= 15 is 0 Å². The van der Waals surface area contributed by atoms with Crippen LogP contribution in [0.3, 0.4) is 0 Å². The monoisotopic (exact) mass is 368 g/mol. The summed E-state index contributed by atoms with van der Waals surface area (Å²) in [5, 5.41) is 3.21. The molecule has 0 bridgehead atoms. The SMILES string of the molecule is CCC1CCCCN1C(=O)c1cnc(NCCc2cccc(OC)c2)nc1. The fourth-order valence-electron chi connectivity index (χ4n) is 3.53. The minimum absolute atomic E-state index is 0.0458. The van der Waals surface area contributed by atoms with Gasteiger partial charge in [0.25, 0.3) is 5.91 Å². The van der Waals surface area contributed by atoms with E-state index < -0.39 is 0 Å². The largest absolute Gasteiger partial charge is 0.497 e. The van der Waals surface area contributed by atoms with Crippen molar-refractivity contribution in [1.82, 2.24) is 14.9 Å². The molecular weight excluding hydrogens is 340 g/mol. The summed E-state index contributed by atoms with van der Waals surface area (Å²) in [6, 6.07) is 8.34. The minimum Gasteiger partial charge on any atom is -0.497 e. The molecule has 1 amide bonds. The van der Waals surface area contributed by atoms with Crippen LogP contribution >= 0.6 is 0 Å². The molecule has 1 aromatic heterocycles. The van der Waals surface area contributed by atoms with Crippen LogP contribution in [-0.2, 0) is 6.42 Å². The maximum Gasteiger partial charge on any atom is 0.257 e. The van der Waals surface area contributed by atoms with Gasteiger partial charge in [0, 0.05) is 31.5 Å². The lowest BCUT2D eigenvalue weighted by Crippen LogP contribution is -2.43. The molecule has 0 saturated carbocycles. The molecule has 0 aliphatic carbocycles. The summed E-state index contributed by atoms with van der Waals surface area (Å²) >= 11 is 0. The van der Waals surface area contributed by atoms with Crippen molar-refractivity contribution in [1.29, 1.82) is 0 Å². The molecule has 2 heterocycles. The number of benzene rings is 1. The number of hydrogen-bond donors (Lipinski definition) is 1. The van der Waals surface area contributed by atoms with Crippen molar-refractivity contribution in [3.05, 3.63) is 47.8 Å². The van der Waals surface area contributed by atoms with E-state index in [4.69, 9.17) is 4.74 Å². The highest BCUT2D eigenvalue weighted by molar-refractivity contribution is 5.94. The zero-order valence-corrected chi connectivity index (χ0v) is 16.1. The van der Waals surface area contributed by atoms with E-state index in [1.807, 2.05) is 23.1 Å². The summed E-state index contributed by atoms with van der Waals surface area (Å²) in [4.78, 5) is 23.4. The number of methoxy groups -OCH3 is 1. The molecule has 3 rings (SSSR count). The Hall–Kier alpha value is -2.63. The van der Waals surface area contributed by atoms with Crippen molar-refractivity contribution < 1.29 is 9.53 Å². The second kappa shape index (κ2) is 9.35. The number of nitrogens with one attached hydrogen (secondary N) is 1. The Balaban J connectivity index is 1.54. The third-order valence-corrected chi connectivity index (χ3v) is 5.09. The van der Waals surface area contributed by atoms with Crippen LogP contribution < -0.4 is 10.1 Å². The van der Waals surface area contributed by atoms with Gasteiger partial charge in [0.1, 0.15) is 5.75 Å². The number of aromatic nitrogens is 2. The highest BCUT2D eigenvalue weighted by atomic mass is 16.5. The molecule has 6 heteroatoms. The van der Waals surface area contributed by atoms with Gasteiger partial charge in [-0.15, -0.1) is 0 Å². The van der Waals surface area contributed by atoms with Crippen LogP contribution in [0.1, 0.15) is 48.5 Å². The second-order valence-corrected chi connectivity index (χ2v) is 6.88. The lowest BCUT2D eigenvalue weighted by atomic mass is 9.99. The Labute approximate surface area is 161 Å². The van der Waals surface area contributed by atoms with Crippen molar-refractivity contribution in [2.45, 2.75) is 45.1 Å². The predicted molar refractivity (Wildman–Crippen MR) is 106 cm³/mol. The summed E-state index contributed by atoms with van der Waals surface area (Å²) in [7, 11) is 1.67. The number of carbonyl (C=O) groups excluding carboxylic acids is 1. The van der Waals surface area contributed by atoms with Crippen LogP contribution in [0.5, 0.6) is 5.75 Å². The first-order valence-electron chi connectivity index (χ1n) is 9.71. The van der Waals surface area contributed by atoms with Gasteiger partial charge in [-0.3, -0.25) is 4.79 Å². The molecule has 0 spiro atoms. The minimum atomic E-state index is 0.0458. The number of carbonyl (C=O) groups is 1. The summed E-state index contributed by atoms with van der Waals surface area (Å²) in [5.74, 6) is 1.44. The van der Waals surface area contributed by atoms with E-state index in [9.17, 15) is 4.79 Å². The van der Waals surface area contributed by atoms with Gasteiger partial charge in [-0.2, -0.15) is 0 Å². The highest BCUT2D eigenvalue weighted by Crippen LogP contribution is 2.21. The third-order valence-electron chi connectivity index (χ3n) is 5.09. The van der Waals surface area contributed by atoms with Gasteiger partial charge < -0.3 is 15.0 Å². The van der Waals surface area contributed by atoms with E-state index in [0.29, 0.717) is 24.1 Å². The Kier molecular flexibility index (Phi) is 6.63. The molecule has 1 aromatic carbocycles. The average molecular weight is 368 g/mol. The van der Waals surface area contributed by atoms with Gasteiger partial charge in [-0.05, 0) is 49.8 Å². The molecule has 1 fully saturated rings. The summed E-state index contributed by atoms with van der Waals surface area (Å²) in [5.41, 5.74) is 1.75. The van der Waals surface area contributed by atoms with Crippen LogP contribution in [0.4, 0.5) is 5.95 Å². The van der Waals surface area contributed by atoms with Crippen LogP contribution in [0, 0.1) is 0 Å². The van der Waals surface area contributed by atoms with Gasteiger partial charge in [0.05, 0.1) is 12.7 Å². The predicted octanol–water partition coefficient (Wildman–Crippen LogP) is 3.54. The highest BCUT2D eigenvalue weighted by Gasteiger charge is 2.26. The van der Waals surface area contributed by atoms with Gasteiger partial charge in [0.15, 0.2) is 0 Å². The number of nitrogens with zero attached hydrogens (tertiary/aromatic N) is 3. The maximum absolute atomic E-state index is 12.8. The van der Waals surface area contributed by atoms with Crippen molar-refractivity contribution in [2.75, 3.05) is 25.5 Å². The molecule has 1 aliphatic heterocycles. The van der Waals surface area contributed by atoms with Crippen molar-refractivity contribution in [3.8, 4) is 5.75 Å². The van der Waals surface area contributed by atoms with Gasteiger partial charge >= 0.3 is 0 Å². The van der Waals surface area contributed by atoms with E-state index in [-0.39, 0.29) is 5.91 Å². The zero-order valence-electron chi connectivity index (χ0n) is 16.1. The van der Waals surface area contributed by atoms with Crippen LogP contribution in [-0.4, -0.2) is 47.0 Å². The second-order valence-electron chi connectivity index (χ2n) is 6.88. The number of anilines is 1. The van der Waals surface area contributed by atoms with Crippen molar-refractivity contribution >= 4 is 11.9 Å². The lowest BCUT2D eigenvalue weighted by Gasteiger charge is -2.35. The summed E-state index contributed by atoms with van der Waals surface area (Å²) < 4.78 is 5.24. The molecule has 1 aliphatic rings. The van der Waals surface area contributed by atoms with Crippen LogP contribution in [0.2, 0.25) is 0 Å². The fraction of sp³-hybridized carbons (Fsp3) is 0.476. The van der Waals surface area contributed by atoms with Gasteiger partial charge in [0.2, 0.25) is 5.95 Å². The summed E-state index contributed by atoms with van der Waals surface area (Å²) in [6.07, 6.45) is 8.47. The van der Waals surface area contributed by atoms with E-state index in [1.54, 1.807) is 19.5 Å². The van der Waals surface area contributed by atoms with Gasteiger partial charge in [-0.25, -0.2) is 9.97 Å². The van der Waals surface area contributed by atoms with Crippen LogP contribution in [0.15, 0.2) is 36.7 Å². The molecule has 1 N–H and O–H groups in total. The molecule has 144 valence electrons. The first-order chi connectivity index (χ1) is 13.2. The first kappa shape index (κ1) is 19.1. The van der Waals surface area contributed by atoms with Crippen molar-refractivity contribution in [2.24, 2.45) is 0 Å². The van der Waals surface area contributed by atoms with E-state index in [0.717, 1.165) is 38.0 Å². The molecule has 1 saturated heterocycles. The maximum atomic E-state index is 12.8. The molecule has 6 nitrogen and oxygen atoms in total. The average Bonchev–Trinajstić information content (AvgIpc) is 2.74. The Bertz CT molecular complexity index is 748. The molecule has 1 unspecified atom stereocenters. The van der Waals surface area contributed by atoms with E-state index in [2.05, 4.69) is 28.3 Å². The molecular formula is C21H28N4O2. The zero-order chi connectivity index (χ0) is 19.1. The molecule has 0 radical (unpaired) electrons. The number of hydrogen-bond acceptors (Lipinski definition) is 5. The topological polar surface area (TPSA) is 67.4 Å². The van der Waals surface area contributed by atoms with Crippen LogP contribution in [0.25, 0.3) is 0 Å². The van der Waals surface area contributed by atoms with E-state index in [1.165, 1.54) is 12.0 Å². The number of rotatable bonds is 7. The molecule has 2 aromatic rings. The molecule has 1 atom stereocenters.